The van der Waals surface area contributed by atoms with E-state index in [0.717, 1.165) is 27.7 Å². The van der Waals surface area contributed by atoms with E-state index in [-0.39, 0.29) is 0 Å². The zero-order valence-corrected chi connectivity index (χ0v) is 60.3. The molecule has 0 radical (unpaired) electrons. The number of hydrogen-bond donors (Lipinski definition) is 30. The normalized spacial score (nSPS) is 45.9. The van der Waals surface area contributed by atoms with Crippen LogP contribution in [0.15, 0.2) is 0 Å². The highest BCUT2D eigenvalue weighted by Gasteiger charge is 2.61. The lowest BCUT2D eigenvalue weighted by molar-refractivity contribution is -0.399. The third-order valence-electron chi connectivity index (χ3n) is 20.0. The molecule has 0 aliphatic carbocycles. The summed E-state index contributed by atoms with van der Waals surface area (Å²) < 4.78 is 94.6. The van der Waals surface area contributed by atoms with Gasteiger partial charge in [-0.3, -0.25) is 19.2 Å². The van der Waals surface area contributed by atoms with Crippen molar-refractivity contribution in [3.63, 3.8) is 0 Å². The van der Waals surface area contributed by atoms with Gasteiger partial charge in [-0.15, -0.1) is 0 Å². The van der Waals surface area contributed by atoms with Crippen LogP contribution in [0.25, 0.3) is 0 Å². The second-order valence-electron chi connectivity index (χ2n) is 27.9. The smallest absolute Gasteiger partial charge is 0.217 e. The first kappa shape index (κ1) is 93.7. The highest BCUT2D eigenvalue weighted by Crippen LogP contribution is 2.40. The fourth-order valence-corrected chi connectivity index (χ4v) is 14.0. The predicted octanol–water partition coefficient (Wildman–Crippen LogP) is -20.4. The number of rotatable bonds is 33. The number of amides is 4. The van der Waals surface area contributed by atoms with E-state index in [1.807, 2.05) is 0 Å². The van der Waals surface area contributed by atoms with Gasteiger partial charge >= 0.3 is 0 Å². The van der Waals surface area contributed by atoms with E-state index < -0.39 is 360 Å². The van der Waals surface area contributed by atoms with Crippen molar-refractivity contribution >= 4 is 23.6 Å². The van der Waals surface area contributed by atoms with Gasteiger partial charge in [0.1, 0.15) is 213 Å². The minimum absolute atomic E-state index is 0.810. The maximum absolute atomic E-state index is 13.1. The van der Waals surface area contributed by atoms with Crippen molar-refractivity contribution in [3.8, 4) is 0 Å². The zero-order chi connectivity index (χ0) is 82.9. The molecule has 50 heteroatoms. The van der Waals surface area contributed by atoms with Gasteiger partial charge in [0.05, 0.1) is 72.1 Å². The van der Waals surface area contributed by atoms with Crippen LogP contribution in [0.5, 0.6) is 0 Å². The topological polar surface area (TPSA) is 790 Å². The van der Waals surface area contributed by atoms with E-state index in [2.05, 4.69) is 21.3 Å². The average Bonchev–Trinajstić information content (AvgIpc) is 0.771. The van der Waals surface area contributed by atoms with Crippen LogP contribution in [0.1, 0.15) is 27.7 Å². The first-order valence-electron chi connectivity index (χ1n) is 35.6. The van der Waals surface area contributed by atoms with Gasteiger partial charge < -0.3 is 230 Å². The maximum Gasteiger partial charge on any atom is 0.217 e. The molecule has 8 saturated heterocycles. The molecule has 4 amide bonds. The van der Waals surface area contributed by atoms with Crippen molar-refractivity contribution in [2.75, 3.05) is 66.1 Å². The second-order valence-corrected chi connectivity index (χ2v) is 27.9. The minimum atomic E-state index is -2.59. The van der Waals surface area contributed by atoms with E-state index in [1.165, 1.54) is 0 Å². The van der Waals surface area contributed by atoms with Gasteiger partial charge in [-0.1, -0.05) is 0 Å². The highest BCUT2D eigenvalue weighted by atomic mass is 16.8. The number of carbonyl (C=O) groups excluding carboxylic acids is 4. The van der Waals surface area contributed by atoms with Gasteiger partial charge in [0.2, 0.25) is 23.6 Å². The summed E-state index contributed by atoms with van der Waals surface area (Å²) in [6, 6.07) is -7.40. The Hall–Kier alpha value is -3.80. The first-order valence-corrected chi connectivity index (χ1v) is 35.6. The third kappa shape index (κ3) is 21.2. The molecule has 0 aromatic rings. The summed E-state index contributed by atoms with van der Waals surface area (Å²) in [5, 5.41) is 297. The van der Waals surface area contributed by atoms with Crippen LogP contribution in [-0.2, 0) is 95.0 Å². The Morgan fingerprint density at radius 1 is 0.304 bits per heavy atom. The quantitative estimate of drug-likeness (QED) is 0.0290. The van der Waals surface area contributed by atoms with Crippen molar-refractivity contribution in [3.05, 3.63) is 0 Å². The summed E-state index contributed by atoms with van der Waals surface area (Å²) in [5.41, 5.74) is 0. The molecule has 50 nitrogen and oxygen atoms in total. The molecule has 8 fully saturated rings. The largest absolute Gasteiger partial charge is 0.394 e. The molecule has 8 aliphatic rings. The molecule has 8 heterocycles. The number of aliphatic hydroxyl groups excluding tert-OH is 26. The Bertz CT molecular complexity index is 2920. The van der Waals surface area contributed by atoms with Crippen molar-refractivity contribution < 1.29 is 228 Å². The van der Waals surface area contributed by atoms with Crippen LogP contribution in [0, 0.1) is 0 Å². The van der Waals surface area contributed by atoms with Crippen LogP contribution in [-0.4, -0.2) is 492 Å². The molecule has 0 bridgehead atoms. The Morgan fingerprint density at radius 3 is 1.05 bits per heavy atom. The van der Waals surface area contributed by atoms with E-state index in [0.29, 0.717) is 0 Å². The molecule has 44 atom stereocenters. The fraction of sp³-hybridized carbons (Fsp3) is 0.935. The number of hydrogen-bond acceptors (Lipinski definition) is 46. The molecule has 0 saturated carbocycles. The second kappa shape index (κ2) is 41.7. The summed E-state index contributed by atoms with van der Waals surface area (Å²) in [5.74, 6) is -3.64. The molecule has 8 rings (SSSR count). The molecule has 0 spiro atoms. The fourth-order valence-electron chi connectivity index (χ4n) is 14.0. The molecular formula is C62H106N4O46. The van der Waals surface area contributed by atoms with E-state index in [1.54, 1.807) is 0 Å². The zero-order valence-electron chi connectivity index (χ0n) is 60.3. The summed E-state index contributed by atoms with van der Waals surface area (Å²) in [6.45, 7) is -7.34. The molecule has 0 unspecified atom stereocenters. The van der Waals surface area contributed by atoms with E-state index in [9.17, 15) is 152 Å². The SMILES string of the molecule is CC(=O)N[C@H]1[C@H](O[C@@H]([C@H](O)[C@H](CO)NC(C)=O)[C@H](O)CO)O[C@H](CO)[C@@H](O[C@@H]2O[C@H](CO[C@H]3O[C@H](CO)[C@@H](O)[C@H](O)[C@@H]3O[C@@H]3O[C@H](CO)[C@@H](O)[C@H](O)[C@H]3NC(C)=O)[C@@H](O)[C@H](O[C@H]3O[C@H](CO)[C@@H](O)[C@H](O)[C@@H]3O[C@@H]3O[C@H](CO)[C@@H](O[C@@H]4O[C@H](CO)[C@H](O)[C@H](O[C@H]5O[C@H](CO)[C@H](O)[C@H](O)[C@H]5O)[C@H]4O)[C@H](O)[C@H]3NC(C)=O)[C@@H]2O)[C@@H]1O. The van der Waals surface area contributed by atoms with Gasteiger partial charge in [0.15, 0.2) is 50.3 Å². The van der Waals surface area contributed by atoms with E-state index in [4.69, 9.17) is 75.8 Å². The summed E-state index contributed by atoms with van der Waals surface area (Å²) >= 11 is 0. The van der Waals surface area contributed by atoms with Crippen LogP contribution < -0.4 is 21.3 Å². The number of ether oxygens (including phenoxy) is 16. The maximum atomic E-state index is 13.1. The Labute approximate surface area is 634 Å². The van der Waals surface area contributed by atoms with Crippen LogP contribution >= 0.6 is 0 Å². The number of carbonyl (C=O) groups is 4. The standard InChI is InChI=1S/C62H106N4O46/c1-15(76)63-19(5-67)32(81)48(20(80)6-68)106-56-30(65-17(3)78)40(89)50(26(12-74)103-56)108-60-47(96)52(38(87)28(105-60)14-97-61-53(43(92)35(84)23(9-71)101-61)111-55-29(64-16(2)77)39(88)33(82)21(7-69)98-55)110-62-54(44(93)36(85)24(10-72)102-62)112-57-31(66-18(4)79)41(90)49(27(13-75)104-57)107-59-46(95)51(37(86)25(11-73)100-59)109-58-45(94)42(91)34(83)22(8-70)99-58/h19-62,67-75,80-96H,5-14H2,1-4H3,(H,63,76)(H,64,77)(H,65,78)(H,66,79)/t19-,20+,21+,22+,23+,24+,25+,26+,27+,28+,29+,30+,31+,32+,33+,34-,35+,36+,37-,38+,39+,40+,41+,42-,43-,44-,45+,46+,47-,48+,49+,50+,51-,52-,53-,54-,55-,56-,57-,58+,59-,60-,61-,62+/m0/s1. The Kier molecular flexibility index (Phi) is 34.9. The highest BCUT2D eigenvalue weighted by molar-refractivity contribution is 5.74. The molecular weight excluding hydrogens is 1540 g/mol. The van der Waals surface area contributed by atoms with Gasteiger partial charge in [-0.2, -0.15) is 0 Å². The number of nitrogens with one attached hydrogen (secondary N) is 4. The number of aliphatic hydroxyl groups is 26. The van der Waals surface area contributed by atoms with Crippen LogP contribution in [0.3, 0.4) is 0 Å². The Morgan fingerprint density at radius 2 is 0.625 bits per heavy atom. The lowest BCUT2D eigenvalue weighted by Crippen LogP contribution is -2.70. The molecule has 112 heavy (non-hydrogen) atoms. The summed E-state index contributed by atoms with van der Waals surface area (Å²) in [7, 11) is 0. The molecule has 0 aromatic carbocycles. The van der Waals surface area contributed by atoms with Crippen molar-refractivity contribution in [2.45, 2.75) is 298 Å². The van der Waals surface area contributed by atoms with Crippen molar-refractivity contribution in [2.24, 2.45) is 0 Å². The Balaban J connectivity index is 1.14. The van der Waals surface area contributed by atoms with Crippen molar-refractivity contribution in [1.29, 1.82) is 0 Å². The predicted molar refractivity (Wildman–Crippen MR) is 346 cm³/mol. The first-order chi connectivity index (χ1) is 53.0. The lowest BCUT2D eigenvalue weighted by atomic mass is 9.94. The molecule has 8 aliphatic heterocycles. The van der Waals surface area contributed by atoms with Gasteiger partial charge in [0.25, 0.3) is 0 Å². The lowest BCUT2D eigenvalue weighted by Gasteiger charge is -2.51. The van der Waals surface area contributed by atoms with Gasteiger partial charge in [-0.05, 0) is 0 Å². The van der Waals surface area contributed by atoms with Crippen LogP contribution in [0.2, 0.25) is 0 Å². The molecule has 0 aromatic heterocycles. The van der Waals surface area contributed by atoms with Crippen LogP contribution in [0.4, 0.5) is 0 Å². The monoisotopic (exact) mass is 1640 g/mol. The molecule has 30 N–H and O–H groups in total. The van der Waals surface area contributed by atoms with Gasteiger partial charge in [-0.25, -0.2) is 0 Å². The average molecular weight is 1640 g/mol. The third-order valence-corrected chi connectivity index (χ3v) is 20.0. The minimum Gasteiger partial charge on any atom is -0.394 e. The molecule has 650 valence electrons. The van der Waals surface area contributed by atoms with E-state index >= 15 is 0 Å². The van der Waals surface area contributed by atoms with Gasteiger partial charge in [0, 0.05) is 27.7 Å². The summed E-state index contributed by atoms with van der Waals surface area (Å²) in [4.78, 5) is 50.5. The summed E-state index contributed by atoms with van der Waals surface area (Å²) in [6.07, 6.45) is -84.9. The van der Waals surface area contributed by atoms with Crippen molar-refractivity contribution in [1.82, 2.24) is 21.3 Å².